The fraction of sp³-hybridized carbons (Fsp3) is 0. The average Bonchev–Trinajstić information content (AvgIpc) is 1.99. The van der Waals surface area contributed by atoms with Crippen LogP contribution in [0.4, 0.5) is 0 Å². The Bertz CT molecular complexity index is 402. The van der Waals surface area contributed by atoms with Crippen LogP contribution in [-0.2, 0) is 39.1 Å². The molecular formula is C2H2K2O12S2. The van der Waals surface area contributed by atoms with Gasteiger partial charge in [0.15, 0.2) is 0 Å². The monoisotopic (exact) mass is 360 g/mol. The molecule has 0 aromatic heterocycles. The Morgan fingerprint density at radius 3 is 1.00 bits per heavy atom. The molecule has 16 heteroatoms. The van der Waals surface area contributed by atoms with Crippen LogP contribution in [0.2, 0.25) is 0 Å². The zero-order valence-corrected chi connectivity index (χ0v) is 16.7. The van der Waals surface area contributed by atoms with Gasteiger partial charge in [-0.2, -0.15) is 0 Å². The van der Waals surface area contributed by atoms with Gasteiger partial charge in [0.1, 0.15) is 0 Å². The number of carboxylic acids is 2. The summed E-state index contributed by atoms with van der Waals surface area (Å²) in [4.78, 5) is 18.2. The van der Waals surface area contributed by atoms with Crippen molar-refractivity contribution in [1.29, 1.82) is 0 Å². The molecule has 0 unspecified atom stereocenters. The van der Waals surface area contributed by atoms with Gasteiger partial charge < -0.3 is 19.3 Å². The molecule has 12 nitrogen and oxygen atoms in total. The molecule has 0 aromatic carbocycles. The van der Waals surface area contributed by atoms with E-state index in [4.69, 9.17) is 19.8 Å². The third-order valence-corrected chi connectivity index (χ3v) is 0.933. The molecule has 0 aromatic rings. The first-order valence-corrected chi connectivity index (χ1v) is 5.27. The molecule has 0 amide bonds. The topological polar surface area (TPSA) is 207 Å². The largest absolute Gasteiger partial charge is 1.00 e. The average molecular weight is 360 g/mol. The Morgan fingerprint density at radius 1 is 0.778 bits per heavy atom. The zero-order valence-electron chi connectivity index (χ0n) is 8.79. The van der Waals surface area contributed by atoms with E-state index >= 15 is 0 Å². The predicted molar refractivity (Wildman–Crippen MR) is 36.8 cm³/mol. The van der Waals surface area contributed by atoms with Gasteiger partial charge in [-0.3, -0.25) is 0 Å². The molecule has 0 radical (unpaired) electrons. The summed E-state index contributed by atoms with van der Waals surface area (Å²) in [5, 5.41) is 14.8. The summed E-state index contributed by atoms with van der Waals surface area (Å²) >= 11 is 0. The van der Waals surface area contributed by atoms with Crippen molar-refractivity contribution in [3.05, 3.63) is 0 Å². The zero-order chi connectivity index (χ0) is 13.6. The smallest absolute Gasteiger partial charge is 0.724 e. The van der Waals surface area contributed by atoms with E-state index in [0.29, 0.717) is 0 Å². The summed E-state index contributed by atoms with van der Waals surface area (Å²) < 4.78 is 61.5. The minimum atomic E-state index is -5.31. The second-order valence-electron chi connectivity index (χ2n) is 1.56. The van der Waals surface area contributed by atoms with Crippen LogP contribution in [0.15, 0.2) is 0 Å². The minimum Gasteiger partial charge on any atom is -0.724 e. The molecule has 96 valence electrons. The molecule has 0 aliphatic rings. The van der Waals surface area contributed by atoms with E-state index in [9.17, 15) is 25.9 Å². The van der Waals surface area contributed by atoms with E-state index in [2.05, 4.69) is 8.67 Å². The predicted octanol–water partition coefficient (Wildman–Crippen LogP) is -8.98. The van der Waals surface area contributed by atoms with E-state index in [1.165, 1.54) is 0 Å². The first-order valence-electron chi connectivity index (χ1n) is 2.61. The molecule has 0 bridgehead atoms. The number of hydrogen-bond donors (Lipinski definition) is 2. The first-order chi connectivity index (χ1) is 6.85. The number of rotatable bonds is 3. The van der Waals surface area contributed by atoms with Crippen LogP contribution in [0.25, 0.3) is 0 Å². The fourth-order valence-electron chi connectivity index (χ4n) is 0.0680. The molecule has 0 saturated heterocycles. The second kappa shape index (κ2) is 12.7. The number of hydrogen-bond acceptors (Lipinski definition) is 10. The standard InChI is InChI=1S/C2H2O4.2K.H2O8S2/c3-1(4)2(5)6;;;1-9(2,3)7-8-10(4,5)6/h(H,3,4)(H,5,6);;;(H,1,2,3)(H,4,5,6)/q;2*+1;/p-2. The normalized spacial score (nSPS) is 9.89. The van der Waals surface area contributed by atoms with E-state index in [0.717, 1.165) is 0 Å². The van der Waals surface area contributed by atoms with E-state index < -0.39 is 32.7 Å². The van der Waals surface area contributed by atoms with Gasteiger partial charge in [0.05, 0.1) is 0 Å². The molecular weight excluding hydrogens is 358 g/mol. The van der Waals surface area contributed by atoms with Crippen molar-refractivity contribution in [3.63, 3.8) is 0 Å². The number of aliphatic carboxylic acids is 2. The molecule has 0 spiro atoms. The quantitative estimate of drug-likeness (QED) is 0.120. The number of carboxylic acid groups (broad SMARTS) is 2. The van der Waals surface area contributed by atoms with Crippen LogP contribution in [0, 0.1) is 0 Å². The van der Waals surface area contributed by atoms with Gasteiger partial charge in [0.2, 0.25) is 20.8 Å². The first kappa shape index (κ1) is 28.2. The molecule has 0 rings (SSSR count). The number of carbonyl (C=O) groups is 2. The molecule has 0 saturated carbocycles. The third-order valence-electron chi connectivity index (χ3n) is 0.377. The van der Waals surface area contributed by atoms with Crippen molar-refractivity contribution in [2.24, 2.45) is 0 Å². The maximum atomic E-state index is 9.37. The van der Waals surface area contributed by atoms with Crippen LogP contribution < -0.4 is 103 Å². The maximum absolute atomic E-state index is 9.37. The van der Waals surface area contributed by atoms with Gasteiger partial charge in [0.25, 0.3) is 0 Å². The van der Waals surface area contributed by atoms with E-state index in [-0.39, 0.29) is 103 Å². The summed E-state index contributed by atoms with van der Waals surface area (Å²) in [6.07, 6.45) is 0. The summed E-state index contributed by atoms with van der Waals surface area (Å²) in [5.74, 6) is -3.65. The van der Waals surface area contributed by atoms with Crippen molar-refractivity contribution in [1.82, 2.24) is 0 Å². The molecule has 0 fully saturated rings. The van der Waals surface area contributed by atoms with Crippen LogP contribution in [0.5, 0.6) is 0 Å². The second-order valence-corrected chi connectivity index (χ2v) is 3.47. The third kappa shape index (κ3) is 30.8. The Labute approximate surface area is 186 Å². The fourth-order valence-corrected chi connectivity index (χ4v) is 0.612. The molecule has 0 aliphatic heterocycles. The van der Waals surface area contributed by atoms with E-state index in [1.54, 1.807) is 0 Å². The van der Waals surface area contributed by atoms with Crippen molar-refractivity contribution in [2.45, 2.75) is 0 Å². The van der Waals surface area contributed by atoms with Gasteiger partial charge in [0, 0.05) is 0 Å². The van der Waals surface area contributed by atoms with Crippen molar-refractivity contribution in [2.75, 3.05) is 0 Å². The Hall–Kier alpha value is 1.95. The van der Waals surface area contributed by atoms with Gasteiger partial charge in [-0.1, -0.05) is 0 Å². The van der Waals surface area contributed by atoms with Crippen LogP contribution in [-0.4, -0.2) is 48.1 Å². The minimum absolute atomic E-state index is 0. The molecule has 0 heterocycles. The van der Waals surface area contributed by atoms with E-state index in [1.807, 2.05) is 0 Å². The molecule has 18 heavy (non-hydrogen) atoms. The van der Waals surface area contributed by atoms with Crippen LogP contribution in [0.1, 0.15) is 0 Å². The van der Waals surface area contributed by atoms with Crippen LogP contribution >= 0.6 is 0 Å². The summed E-state index contributed by atoms with van der Waals surface area (Å²) in [5.41, 5.74) is 0. The van der Waals surface area contributed by atoms with Crippen LogP contribution in [0.3, 0.4) is 0 Å². The Kier molecular flexibility index (Phi) is 19.8. The molecule has 0 atom stereocenters. The summed E-state index contributed by atoms with van der Waals surface area (Å²) in [6, 6.07) is 0. The SMILES string of the molecule is O=C(O)C(=O)O.O=S(=O)([O-])OOS(=O)(=O)[O-].[K+].[K+]. The van der Waals surface area contributed by atoms with Gasteiger partial charge in [-0.25, -0.2) is 26.4 Å². The van der Waals surface area contributed by atoms with Crippen molar-refractivity contribution < 1.29 is 157 Å². The van der Waals surface area contributed by atoms with Gasteiger partial charge in [-0.05, 0) is 0 Å². The maximum Gasteiger partial charge on any atom is 1.00 e. The molecule has 2 N–H and O–H groups in total. The van der Waals surface area contributed by atoms with Gasteiger partial charge >= 0.3 is 115 Å². The Balaban J connectivity index is -0.000000108. The Morgan fingerprint density at radius 2 is 0.944 bits per heavy atom. The molecule has 0 aliphatic carbocycles. The van der Waals surface area contributed by atoms with Crippen molar-refractivity contribution in [3.8, 4) is 0 Å². The van der Waals surface area contributed by atoms with Gasteiger partial charge in [-0.15, -0.1) is 8.67 Å². The summed E-state index contributed by atoms with van der Waals surface area (Å²) in [7, 11) is -10.6. The summed E-state index contributed by atoms with van der Waals surface area (Å²) in [6.45, 7) is 0. The van der Waals surface area contributed by atoms with Crippen molar-refractivity contribution >= 4 is 32.7 Å².